The van der Waals surface area contributed by atoms with Gasteiger partial charge in [0.2, 0.25) is 5.91 Å². The molecule has 2 fully saturated rings. The van der Waals surface area contributed by atoms with E-state index in [1.54, 1.807) is 0 Å². The number of benzene rings is 1. The third kappa shape index (κ3) is 4.05. The molecule has 0 spiro atoms. The Kier molecular flexibility index (Phi) is 4.56. The first kappa shape index (κ1) is 14.5. The van der Waals surface area contributed by atoms with Crippen LogP contribution in [0.15, 0.2) is 24.3 Å². The second-order valence-corrected chi connectivity index (χ2v) is 6.24. The van der Waals surface area contributed by atoms with E-state index in [1.807, 2.05) is 0 Å². The first-order valence-electron chi connectivity index (χ1n) is 7.88. The smallest absolute Gasteiger partial charge is 0.223 e. The third-order valence-corrected chi connectivity index (χ3v) is 4.45. The Hall–Kier alpha value is -1.39. The van der Waals surface area contributed by atoms with Gasteiger partial charge in [-0.05, 0) is 23.5 Å². The molecule has 1 heterocycles. The number of hydrogen-bond donors (Lipinski definition) is 1. The highest BCUT2D eigenvalue weighted by Crippen LogP contribution is 2.37. The van der Waals surface area contributed by atoms with Crippen LogP contribution in [0.1, 0.15) is 24.5 Å². The van der Waals surface area contributed by atoms with Gasteiger partial charge >= 0.3 is 0 Å². The number of nitrogens with zero attached hydrogens (tertiary/aromatic N) is 1. The minimum atomic E-state index is 0.208. The number of hydrogen-bond acceptors (Lipinski definition) is 3. The maximum Gasteiger partial charge on any atom is 0.223 e. The van der Waals surface area contributed by atoms with Gasteiger partial charge in [-0.2, -0.15) is 0 Å². The molecule has 4 nitrogen and oxygen atoms in total. The van der Waals surface area contributed by atoms with E-state index in [1.165, 1.54) is 11.1 Å². The molecule has 1 saturated heterocycles. The van der Waals surface area contributed by atoms with E-state index in [4.69, 9.17) is 4.74 Å². The van der Waals surface area contributed by atoms with Crippen LogP contribution in [0.4, 0.5) is 0 Å². The Balaban J connectivity index is 1.46. The zero-order chi connectivity index (χ0) is 14.7. The summed E-state index contributed by atoms with van der Waals surface area (Å²) in [5, 5.41) is 3.03. The van der Waals surface area contributed by atoms with Crippen LogP contribution in [0.2, 0.25) is 0 Å². The van der Waals surface area contributed by atoms with Gasteiger partial charge < -0.3 is 10.1 Å². The number of amides is 1. The quantitative estimate of drug-likeness (QED) is 0.898. The molecule has 4 heteroatoms. The van der Waals surface area contributed by atoms with Gasteiger partial charge in [-0.1, -0.05) is 31.2 Å². The summed E-state index contributed by atoms with van der Waals surface area (Å²) in [6.45, 7) is 7.45. The molecular weight excluding hydrogens is 264 g/mol. The fraction of sp³-hybridized carbons (Fsp3) is 0.588. The van der Waals surface area contributed by atoms with Crippen LogP contribution in [-0.4, -0.2) is 37.1 Å². The lowest BCUT2D eigenvalue weighted by Gasteiger charge is -2.26. The van der Waals surface area contributed by atoms with Gasteiger partial charge in [0.15, 0.2) is 0 Å². The molecule has 1 amide bonds. The lowest BCUT2D eigenvalue weighted by atomic mass is 10.1. The highest BCUT2D eigenvalue weighted by Gasteiger charge is 2.38. The van der Waals surface area contributed by atoms with Crippen LogP contribution < -0.4 is 5.32 Å². The Labute approximate surface area is 126 Å². The summed E-state index contributed by atoms with van der Waals surface area (Å²) >= 11 is 0. The summed E-state index contributed by atoms with van der Waals surface area (Å²) < 4.78 is 5.36. The lowest BCUT2D eigenvalue weighted by molar-refractivity contribution is -0.122. The van der Waals surface area contributed by atoms with E-state index in [0.717, 1.165) is 39.3 Å². The molecule has 0 bridgehead atoms. The number of ether oxygens (including phenoxy) is 1. The van der Waals surface area contributed by atoms with Gasteiger partial charge in [-0.25, -0.2) is 0 Å². The minimum absolute atomic E-state index is 0.208. The maximum atomic E-state index is 11.8. The SMILES string of the molecule is C[C@H]1C[C@@H]1C(=O)NCc1ccc(CN2CCOCC2)cc1. The molecule has 2 aliphatic rings. The zero-order valence-corrected chi connectivity index (χ0v) is 12.7. The van der Waals surface area contributed by atoms with E-state index in [-0.39, 0.29) is 11.8 Å². The molecule has 0 aromatic heterocycles. The van der Waals surface area contributed by atoms with Gasteiger partial charge in [-0.3, -0.25) is 9.69 Å². The Morgan fingerprint density at radius 3 is 2.48 bits per heavy atom. The van der Waals surface area contributed by atoms with Crippen molar-refractivity contribution in [2.24, 2.45) is 11.8 Å². The summed E-state index contributed by atoms with van der Waals surface area (Å²) in [5.74, 6) is 1.03. The summed E-state index contributed by atoms with van der Waals surface area (Å²) in [6, 6.07) is 8.56. The van der Waals surface area contributed by atoms with E-state index < -0.39 is 0 Å². The molecular formula is C17H24N2O2. The topological polar surface area (TPSA) is 41.6 Å². The fourth-order valence-electron chi connectivity index (χ4n) is 2.79. The van der Waals surface area contributed by atoms with Crippen LogP contribution >= 0.6 is 0 Å². The van der Waals surface area contributed by atoms with Crippen molar-refractivity contribution in [1.82, 2.24) is 10.2 Å². The van der Waals surface area contributed by atoms with E-state index >= 15 is 0 Å². The molecule has 1 aliphatic carbocycles. The molecule has 1 aromatic carbocycles. The summed E-state index contributed by atoms with van der Waals surface area (Å²) in [6.07, 6.45) is 1.05. The average Bonchev–Trinajstić information content (AvgIpc) is 3.24. The normalized spacial score (nSPS) is 25.6. The van der Waals surface area contributed by atoms with Crippen molar-refractivity contribution in [1.29, 1.82) is 0 Å². The van der Waals surface area contributed by atoms with Crippen molar-refractivity contribution in [2.75, 3.05) is 26.3 Å². The van der Waals surface area contributed by atoms with Crippen LogP contribution in [0, 0.1) is 11.8 Å². The highest BCUT2D eigenvalue weighted by atomic mass is 16.5. The predicted octanol–water partition coefficient (Wildman–Crippen LogP) is 1.79. The van der Waals surface area contributed by atoms with Crippen molar-refractivity contribution in [3.05, 3.63) is 35.4 Å². The highest BCUT2D eigenvalue weighted by molar-refractivity contribution is 5.81. The second-order valence-electron chi connectivity index (χ2n) is 6.24. The van der Waals surface area contributed by atoms with Crippen LogP contribution in [0.5, 0.6) is 0 Å². The first-order chi connectivity index (χ1) is 10.2. The number of carbonyl (C=O) groups excluding carboxylic acids is 1. The number of nitrogens with one attached hydrogen (secondary N) is 1. The van der Waals surface area contributed by atoms with Gasteiger partial charge in [0.25, 0.3) is 0 Å². The van der Waals surface area contributed by atoms with Crippen LogP contribution in [0.25, 0.3) is 0 Å². The molecule has 2 atom stereocenters. The van der Waals surface area contributed by atoms with Crippen molar-refractivity contribution in [3.8, 4) is 0 Å². The van der Waals surface area contributed by atoms with E-state index in [9.17, 15) is 4.79 Å². The Morgan fingerprint density at radius 2 is 1.86 bits per heavy atom. The Bertz CT molecular complexity index is 480. The summed E-state index contributed by atoms with van der Waals surface area (Å²) in [7, 11) is 0. The molecule has 21 heavy (non-hydrogen) atoms. The molecule has 3 rings (SSSR count). The molecule has 1 saturated carbocycles. The van der Waals surface area contributed by atoms with Gasteiger partial charge in [0.05, 0.1) is 13.2 Å². The maximum absolute atomic E-state index is 11.8. The molecule has 1 aliphatic heterocycles. The Morgan fingerprint density at radius 1 is 1.24 bits per heavy atom. The van der Waals surface area contributed by atoms with Crippen LogP contribution in [-0.2, 0) is 22.6 Å². The van der Waals surface area contributed by atoms with Crippen LogP contribution in [0.3, 0.4) is 0 Å². The van der Waals surface area contributed by atoms with Crippen molar-refractivity contribution in [2.45, 2.75) is 26.4 Å². The van der Waals surface area contributed by atoms with E-state index in [2.05, 4.69) is 41.4 Å². The average molecular weight is 288 g/mol. The van der Waals surface area contributed by atoms with Gasteiger partial charge in [0.1, 0.15) is 0 Å². The molecule has 0 unspecified atom stereocenters. The molecule has 1 aromatic rings. The largest absolute Gasteiger partial charge is 0.379 e. The minimum Gasteiger partial charge on any atom is -0.379 e. The summed E-state index contributed by atoms with van der Waals surface area (Å²) in [4.78, 5) is 14.2. The molecule has 1 N–H and O–H groups in total. The molecule has 114 valence electrons. The third-order valence-electron chi connectivity index (χ3n) is 4.45. The monoisotopic (exact) mass is 288 g/mol. The number of carbonyl (C=O) groups is 1. The van der Waals surface area contributed by atoms with E-state index in [0.29, 0.717) is 12.5 Å². The molecule has 0 radical (unpaired) electrons. The zero-order valence-electron chi connectivity index (χ0n) is 12.7. The summed E-state index contributed by atoms with van der Waals surface area (Å²) in [5.41, 5.74) is 2.49. The van der Waals surface area contributed by atoms with Gasteiger partial charge in [-0.15, -0.1) is 0 Å². The number of rotatable bonds is 5. The second kappa shape index (κ2) is 6.58. The first-order valence-corrected chi connectivity index (χ1v) is 7.88. The van der Waals surface area contributed by atoms with Crippen molar-refractivity contribution < 1.29 is 9.53 Å². The van der Waals surface area contributed by atoms with Crippen molar-refractivity contribution in [3.63, 3.8) is 0 Å². The standard InChI is InChI=1S/C17H24N2O2/c1-13-10-16(13)17(20)18-11-14-2-4-15(5-3-14)12-19-6-8-21-9-7-19/h2-5,13,16H,6-12H2,1H3,(H,18,20)/t13-,16-/m0/s1. The predicted molar refractivity (Wildman–Crippen MR) is 81.7 cm³/mol. The fourth-order valence-corrected chi connectivity index (χ4v) is 2.79. The number of morpholine rings is 1. The lowest BCUT2D eigenvalue weighted by Crippen LogP contribution is -2.35. The van der Waals surface area contributed by atoms with Gasteiger partial charge in [0, 0.05) is 32.1 Å². The van der Waals surface area contributed by atoms with Crippen molar-refractivity contribution >= 4 is 5.91 Å².